The topological polar surface area (TPSA) is 61.8 Å². The lowest BCUT2D eigenvalue weighted by Gasteiger charge is -2.18. The fourth-order valence-electron chi connectivity index (χ4n) is 5.73. The molecule has 0 aromatic carbocycles. The van der Waals surface area contributed by atoms with Gasteiger partial charge in [0.2, 0.25) is 0 Å². The van der Waals surface area contributed by atoms with Gasteiger partial charge in [0.15, 0.2) is 6.10 Å². The van der Waals surface area contributed by atoms with Crippen LogP contribution in [-0.4, -0.2) is 37.9 Å². The van der Waals surface area contributed by atoms with Gasteiger partial charge >= 0.3 is 11.9 Å². The van der Waals surface area contributed by atoms with E-state index in [1.54, 1.807) is 0 Å². The largest absolute Gasteiger partial charge is 0.462 e. The average Bonchev–Trinajstić information content (AvgIpc) is 3.11. The zero-order valence-electron chi connectivity index (χ0n) is 33.2. The van der Waals surface area contributed by atoms with Crippen molar-refractivity contribution < 1.29 is 23.8 Å². The second kappa shape index (κ2) is 41.3. The highest BCUT2D eigenvalue weighted by Crippen LogP contribution is 2.13. The van der Waals surface area contributed by atoms with E-state index in [0.717, 1.165) is 77.0 Å². The highest BCUT2D eigenvalue weighted by molar-refractivity contribution is 5.70. The minimum Gasteiger partial charge on any atom is -0.462 e. The Balaban J connectivity index is 4.27. The van der Waals surface area contributed by atoms with E-state index >= 15 is 0 Å². The first-order valence-corrected chi connectivity index (χ1v) is 21.2. The predicted octanol–water partition coefficient (Wildman–Crippen LogP) is 13.7. The molecule has 0 saturated carbocycles. The van der Waals surface area contributed by atoms with E-state index < -0.39 is 6.10 Å². The van der Waals surface area contributed by atoms with E-state index in [9.17, 15) is 9.59 Å². The van der Waals surface area contributed by atoms with Gasteiger partial charge in [-0.3, -0.25) is 9.59 Å². The predicted molar refractivity (Wildman–Crippen MR) is 215 cm³/mol. The van der Waals surface area contributed by atoms with Crippen LogP contribution >= 0.6 is 0 Å². The second-order valence-corrected chi connectivity index (χ2v) is 13.9. The number of carbonyl (C=O) groups is 2. The third-order valence-electron chi connectivity index (χ3n) is 8.88. The van der Waals surface area contributed by atoms with Crippen LogP contribution in [0.25, 0.3) is 0 Å². The van der Waals surface area contributed by atoms with Gasteiger partial charge in [-0.1, -0.05) is 179 Å². The Morgan fingerprint density at radius 2 is 0.900 bits per heavy atom. The van der Waals surface area contributed by atoms with Crippen molar-refractivity contribution in [1.29, 1.82) is 0 Å². The molecule has 0 amide bonds. The maximum Gasteiger partial charge on any atom is 0.306 e. The summed E-state index contributed by atoms with van der Waals surface area (Å²) in [6, 6.07) is 0. The van der Waals surface area contributed by atoms with Crippen molar-refractivity contribution in [3.8, 4) is 0 Å². The quantitative estimate of drug-likeness (QED) is 0.0364. The molecule has 0 saturated heterocycles. The Kier molecular flexibility index (Phi) is 39.5. The number of ether oxygens (including phenoxy) is 3. The minimum atomic E-state index is -0.544. The van der Waals surface area contributed by atoms with Gasteiger partial charge in [-0.2, -0.15) is 0 Å². The molecule has 0 spiro atoms. The molecule has 0 aliphatic rings. The van der Waals surface area contributed by atoms with Crippen LogP contribution in [0, 0.1) is 0 Å². The first-order valence-electron chi connectivity index (χ1n) is 21.2. The average molecular weight is 701 g/mol. The van der Waals surface area contributed by atoms with Gasteiger partial charge in [0.25, 0.3) is 0 Å². The molecule has 0 aliphatic heterocycles. The number of allylic oxidation sites excluding steroid dienone is 8. The van der Waals surface area contributed by atoms with Crippen LogP contribution in [0.4, 0.5) is 0 Å². The molecule has 290 valence electrons. The van der Waals surface area contributed by atoms with Gasteiger partial charge in [0, 0.05) is 19.4 Å². The van der Waals surface area contributed by atoms with E-state index in [0.29, 0.717) is 19.4 Å². The van der Waals surface area contributed by atoms with Gasteiger partial charge < -0.3 is 14.2 Å². The molecular formula is C45H80O5. The van der Waals surface area contributed by atoms with Crippen molar-refractivity contribution in [2.45, 2.75) is 207 Å². The van der Waals surface area contributed by atoms with Crippen LogP contribution in [0.2, 0.25) is 0 Å². The Labute approximate surface area is 310 Å². The van der Waals surface area contributed by atoms with E-state index in [2.05, 4.69) is 69.4 Å². The van der Waals surface area contributed by atoms with Crippen LogP contribution in [0.15, 0.2) is 48.6 Å². The highest BCUT2D eigenvalue weighted by Gasteiger charge is 2.17. The van der Waals surface area contributed by atoms with E-state index in [1.165, 1.54) is 89.9 Å². The zero-order valence-corrected chi connectivity index (χ0v) is 33.2. The summed E-state index contributed by atoms with van der Waals surface area (Å²) in [5, 5.41) is 0. The van der Waals surface area contributed by atoms with Gasteiger partial charge in [-0.25, -0.2) is 0 Å². The Morgan fingerprint density at radius 3 is 1.42 bits per heavy atom. The van der Waals surface area contributed by atoms with Gasteiger partial charge in [0.05, 0.1) is 6.61 Å². The second-order valence-electron chi connectivity index (χ2n) is 13.9. The van der Waals surface area contributed by atoms with E-state index in [1.807, 2.05) is 0 Å². The molecule has 0 bridgehead atoms. The van der Waals surface area contributed by atoms with Crippen LogP contribution in [0.3, 0.4) is 0 Å². The first-order chi connectivity index (χ1) is 24.6. The molecule has 0 aromatic heterocycles. The molecule has 0 heterocycles. The molecule has 0 aliphatic carbocycles. The highest BCUT2D eigenvalue weighted by atomic mass is 16.6. The summed E-state index contributed by atoms with van der Waals surface area (Å²) < 4.78 is 17.2. The van der Waals surface area contributed by atoms with E-state index in [-0.39, 0.29) is 25.2 Å². The van der Waals surface area contributed by atoms with Crippen LogP contribution < -0.4 is 0 Å². The van der Waals surface area contributed by atoms with Gasteiger partial charge in [-0.05, 0) is 57.8 Å². The van der Waals surface area contributed by atoms with Crippen molar-refractivity contribution in [2.75, 3.05) is 19.8 Å². The molecule has 0 fully saturated rings. The smallest absolute Gasteiger partial charge is 0.306 e. The summed E-state index contributed by atoms with van der Waals surface area (Å²) in [5.41, 5.74) is 0. The zero-order chi connectivity index (χ0) is 36.4. The number of carbonyl (C=O) groups excluding carboxylic acids is 2. The van der Waals surface area contributed by atoms with Crippen LogP contribution in [0.5, 0.6) is 0 Å². The summed E-state index contributed by atoms with van der Waals surface area (Å²) in [4.78, 5) is 25.0. The first kappa shape index (κ1) is 47.9. The van der Waals surface area contributed by atoms with Crippen LogP contribution in [0.1, 0.15) is 201 Å². The third kappa shape index (κ3) is 38.7. The van der Waals surface area contributed by atoms with Crippen molar-refractivity contribution in [1.82, 2.24) is 0 Å². The Hall–Kier alpha value is -2.14. The molecule has 1 unspecified atom stereocenters. The summed E-state index contributed by atoms with van der Waals surface area (Å²) >= 11 is 0. The lowest BCUT2D eigenvalue weighted by atomic mass is 10.1. The van der Waals surface area contributed by atoms with E-state index in [4.69, 9.17) is 14.2 Å². The molecule has 0 radical (unpaired) electrons. The lowest BCUT2D eigenvalue weighted by Crippen LogP contribution is -2.30. The molecule has 0 N–H and O–H groups in total. The SMILES string of the molecule is CC/C=C\C/C=C\C/C=C\C/C=C\CCCCCOCC(COC(=O)CCCCCCCCCCC)OC(=O)CCCCCCCCCCC. The Bertz CT molecular complexity index is 842. The normalized spacial score (nSPS) is 12.6. The summed E-state index contributed by atoms with van der Waals surface area (Å²) in [5.74, 6) is -0.418. The molecule has 0 aromatic rings. The minimum absolute atomic E-state index is 0.0750. The fourth-order valence-corrected chi connectivity index (χ4v) is 5.73. The standard InChI is InChI=1S/C45H80O5/c1-4-7-10-13-16-19-20-21-22-23-24-25-28-31-34-37-40-48-41-43(50-45(47)39-36-33-30-27-18-15-12-9-6-3)42-49-44(46)38-35-32-29-26-17-14-11-8-5-2/h7,10,16,19,21-22,24-25,43H,4-6,8-9,11-15,17-18,20,23,26-42H2,1-3H3/b10-7-,19-16-,22-21-,25-24-. The molecule has 50 heavy (non-hydrogen) atoms. The molecule has 5 nitrogen and oxygen atoms in total. The number of hydrogen-bond donors (Lipinski definition) is 0. The molecule has 1 atom stereocenters. The monoisotopic (exact) mass is 701 g/mol. The maximum absolute atomic E-state index is 12.6. The molecular weight excluding hydrogens is 620 g/mol. The number of unbranched alkanes of at least 4 members (excludes halogenated alkanes) is 19. The van der Waals surface area contributed by atoms with Crippen molar-refractivity contribution >= 4 is 11.9 Å². The summed E-state index contributed by atoms with van der Waals surface area (Å²) in [7, 11) is 0. The fraction of sp³-hybridized carbons (Fsp3) is 0.778. The van der Waals surface area contributed by atoms with Crippen LogP contribution in [-0.2, 0) is 23.8 Å². The number of hydrogen-bond acceptors (Lipinski definition) is 5. The van der Waals surface area contributed by atoms with Gasteiger partial charge in [0.1, 0.15) is 6.61 Å². The lowest BCUT2D eigenvalue weighted by molar-refractivity contribution is -0.163. The van der Waals surface area contributed by atoms with Crippen molar-refractivity contribution in [3.63, 3.8) is 0 Å². The molecule has 0 rings (SSSR count). The summed E-state index contributed by atoms with van der Waals surface area (Å²) in [6.45, 7) is 7.61. The van der Waals surface area contributed by atoms with Gasteiger partial charge in [-0.15, -0.1) is 0 Å². The summed E-state index contributed by atoms with van der Waals surface area (Å²) in [6.07, 6.45) is 48.2. The Morgan fingerprint density at radius 1 is 0.460 bits per heavy atom. The van der Waals surface area contributed by atoms with Crippen molar-refractivity contribution in [2.24, 2.45) is 0 Å². The number of esters is 2. The number of rotatable bonds is 38. The van der Waals surface area contributed by atoms with Crippen molar-refractivity contribution in [3.05, 3.63) is 48.6 Å². The molecule has 5 heteroatoms. The maximum atomic E-state index is 12.6. The third-order valence-corrected chi connectivity index (χ3v) is 8.88.